The predicted octanol–water partition coefficient (Wildman–Crippen LogP) is 4.16. The Morgan fingerprint density at radius 3 is 2.46 bits per heavy atom. The molecule has 0 saturated heterocycles. The van der Waals surface area contributed by atoms with Crippen molar-refractivity contribution in [3.8, 4) is 0 Å². The molecule has 3 aromatic rings. The number of aryl methyl sites for hydroxylation is 1. The summed E-state index contributed by atoms with van der Waals surface area (Å²) in [7, 11) is 0. The van der Waals surface area contributed by atoms with Crippen molar-refractivity contribution in [3.63, 3.8) is 0 Å². The van der Waals surface area contributed by atoms with Crippen molar-refractivity contribution in [1.82, 2.24) is 4.98 Å². The zero-order chi connectivity index (χ0) is 17.1. The molecule has 24 heavy (non-hydrogen) atoms. The first-order chi connectivity index (χ1) is 11.6. The third-order valence-corrected chi connectivity index (χ3v) is 4.05. The van der Waals surface area contributed by atoms with E-state index in [1.54, 1.807) is 25.1 Å². The summed E-state index contributed by atoms with van der Waals surface area (Å²) in [5.74, 6) is -0.737. The summed E-state index contributed by atoms with van der Waals surface area (Å²) in [6, 6.07) is 16.7. The summed E-state index contributed by atoms with van der Waals surface area (Å²) in [6.45, 7) is 3.65. The van der Waals surface area contributed by atoms with E-state index in [0.717, 1.165) is 22.9 Å². The first-order valence-electron chi connectivity index (χ1n) is 8.00. The number of carbonyl (C=O) groups excluding carboxylic acids is 2. The Hall–Kier alpha value is -2.88. The normalized spacial score (nSPS) is 12.1. The second-order valence-electron chi connectivity index (χ2n) is 5.73. The number of ketones is 1. The van der Waals surface area contributed by atoms with E-state index in [-0.39, 0.29) is 5.78 Å². The Morgan fingerprint density at radius 2 is 1.79 bits per heavy atom. The Morgan fingerprint density at radius 1 is 1.08 bits per heavy atom. The number of hydrogen-bond acceptors (Lipinski definition) is 3. The number of fused-ring (bicyclic) bond motifs is 1. The molecule has 1 N–H and O–H groups in total. The molecule has 0 aliphatic heterocycles. The van der Waals surface area contributed by atoms with Crippen LogP contribution >= 0.6 is 0 Å². The number of aromatic amines is 1. The van der Waals surface area contributed by atoms with Crippen LogP contribution in [-0.2, 0) is 11.2 Å². The van der Waals surface area contributed by atoms with Gasteiger partial charge in [-0.3, -0.25) is 4.79 Å². The van der Waals surface area contributed by atoms with Gasteiger partial charge in [-0.05, 0) is 31.0 Å². The highest BCUT2D eigenvalue weighted by Gasteiger charge is 2.21. The molecule has 4 heteroatoms. The van der Waals surface area contributed by atoms with Gasteiger partial charge in [-0.15, -0.1) is 0 Å². The number of para-hydroxylation sites is 1. The average molecular weight is 321 g/mol. The number of nitrogens with one attached hydrogen (secondary N) is 1. The Kier molecular flexibility index (Phi) is 4.47. The Labute approximate surface area is 140 Å². The molecule has 1 atom stereocenters. The van der Waals surface area contributed by atoms with Gasteiger partial charge in [0.15, 0.2) is 6.10 Å². The van der Waals surface area contributed by atoms with E-state index in [1.165, 1.54) is 0 Å². The van der Waals surface area contributed by atoms with Crippen LogP contribution in [0.5, 0.6) is 0 Å². The number of aromatic nitrogens is 1. The monoisotopic (exact) mass is 321 g/mol. The summed E-state index contributed by atoms with van der Waals surface area (Å²) < 4.78 is 5.32. The third kappa shape index (κ3) is 3.23. The minimum atomic E-state index is -0.837. The van der Waals surface area contributed by atoms with E-state index in [1.807, 2.05) is 36.4 Å². The van der Waals surface area contributed by atoms with E-state index in [4.69, 9.17) is 4.74 Å². The van der Waals surface area contributed by atoms with Gasteiger partial charge in [-0.1, -0.05) is 49.4 Å². The zero-order valence-electron chi connectivity index (χ0n) is 13.7. The van der Waals surface area contributed by atoms with E-state index in [0.29, 0.717) is 11.3 Å². The van der Waals surface area contributed by atoms with Gasteiger partial charge in [0.2, 0.25) is 5.78 Å². The molecule has 2 aromatic carbocycles. The van der Waals surface area contributed by atoms with Crippen molar-refractivity contribution >= 4 is 22.7 Å². The largest absolute Gasteiger partial charge is 0.450 e. The van der Waals surface area contributed by atoms with Crippen molar-refractivity contribution in [2.75, 3.05) is 0 Å². The van der Waals surface area contributed by atoms with Crippen LogP contribution < -0.4 is 0 Å². The average Bonchev–Trinajstić information content (AvgIpc) is 3.05. The van der Waals surface area contributed by atoms with E-state index >= 15 is 0 Å². The highest BCUT2D eigenvalue weighted by atomic mass is 16.5. The van der Waals surface area contributed by atoms with Crippen molar-refractivity contribution in [2.45, 2.75) is 26.4 Å². The third-order valence-electron chi connectivity index (χ3n) is 4.05. The molecule has 0 radical (unpaired) electrons. The maximum Gasteiger partial charge on any atom is 0.355 e. The fourth-order valence-corrected chi connectivity index (χ4v) is 2.60. The second kappa shape index (κ2) is 6.71. The lowest BCUT2D eigenvalue weighted by Gasteiger charge is -2.12. The van der Waals surface area contributed by atoms with Crippen LogP contribution in [0.4, 0.5) is 0 Å². The summed E-state index contributed by atoms with van der Waals surface area (Å²) in [6.07, 6.45) is 0.0794. The van der Waals surface area contributed by atoms with Crippen molar-refractivity contribution in [1.29, 1.82) is 0 Å². The molecular formula is C20H19NO3. The highest BCUT2D eigenvalue weighted by Crippen LogP contribution is 2.16. The standard InChI is InChI=1S/C20H19NO3/c1-3-14-8-10-15(11-9-14)19(22)13(2)24-20(23)18-12-16-6-4-5-7-17(16)21-18/h4-13,21H,3H2,1-2H3. The number of rotatable bonds is 5. The summed E-state index contributed by atoms with van der Waals surface area (Å²) in [5, 5.41) is 0.929. The number of H-pyrrole nitrogens is 1. The van der Waals surface area contributed by atoms with Crippen LogP contribution in [0.15, 0.2) is 54.6 Å². The second-order valence-corrected chi connectivity index (χ2v) is 5.73. The van der Waals surface area contributed by atoms with Gasteiger partial charge in [0, 0.05) is 16.5 Å². The zero-order valence-corrected chi connectivity index (χ0v) is 13.7. The maximum atomic E-state index is 12.4. The molecule has 0 amide bonds. The first kappa shape index (κ1) is 16.0. The number of Topliss-reactive ketones (excluding diaryl/α,β-unsaturated/α-hetero) is 1. The number of esters is 1. The lowest BCUT2D eigenvalue weighted by atomic mass is 10.0. The Bertz CT molecular complexity index is 844. The number of hydrogen-bond donors (Lipinski definition) is 1. The molecule has 1 unspecified atom stereocenters. The van der Waals surface area contributed by atoms with Crippen LogP contribution in [0.25, 0.3) is 10.9 Å². The van der Waals surface area contributed by atoms with E-state index < -0.39 is 12.1 Å². The minimum Gasteiger partial charge on any atom is -0.450 e. The molecule has 0 saturated carbocycles. The van der Waals surface area contributed by atoms with Crippen LogP contribution in [0.1, 0.15) is 40.3 Å². The molecule has 0 spiro atoms. The van der Waals surface area contributed by atoms with Gasteiger partial charge >= 0.3 is 5.97 Å². The number of carbonyl (C=O) groups is 2. The van der Waals surface area contributed by atoms with Gasteiger partial charge in [0.1, 0.15) is 5.69 Å². The summed E-state index contributed by atoms with van der Waals surface area (Å²) >= 11 is 0. The molecule has 4 nitrogen and oxygen atoms in total. The molecule has 0 fully saturated rings. The molecule has 3 rings (SSSR count). The first-order valence-corrected chi connectivity index (χ1v) is 8.00. The Balaban J connectivity index is 1.71. The number of benzene rings is 2. The van der Waals surface area contributed by atoms with Crippen molar-refractivity contribution in [2.24, 2.45) is 0 Å². The summed E-state index contributed by atoms with van der Waals surface area (Å²) in [5.41, 5.74) is 2.91. The maximum absolute atomic E-state index is 12.4. The SMILES string of the molecule is CCc1ccc(C(=O)C(C)OC(=O)c2cc3ccccc3[nH]2)cc1. The smallest absolute Gasteiger partial charge is 0.355 e. The van der Waals surface area contributed by atoms with Gasteiger partial charge < -0.3 is 9.72 Å². The fourth-order valence-electron chi connectivity index (χ4n) is 2.60. The highest BCUT2D eigenvalue weighted by molar-refractivity contribution is 6.02. The van der Waals surface area contributed by atoms with Gasteiger partial charge in [0.05, 0.1) is 0 Å². The van der Waals surface area contributed by atoms with Gasteiger partial charge in [-0.2, -0.15) is 0 Å². The van der Waals surface area contributed by atoms with Crippen molar-refractivity contribution < 1.29 is 14.3 Å². The molecule has 0 bridgehead atoms. The van der Waals surface area contributed by atoms with E-state index in [9.17, 15) is 9.59 Å². The van der Waals surface area contributed by atoms with Crippen LogP contribution in [0.2, 0.25) is 0 Å². The molecule has 1 heterocycles. The summed E-state index contributed by atoms with van der Waals surface area (Å²) in [4.78, 5) is 27.7. The van der Waals surface area contributed by atoms with E-state index in [2.05, 4.69) is 11.9 Å². The topological polar surface area (TPSA) is 59.2 Å². The molecule has 1 aromatic heterocycles. The molecule has 0 aliphatic carbocycles. The van der Waals surface area contributed by atoms with Crippen molar-refractivity contribution in [3.05, 3.63) is 71.4 Å². The van der Waals surface area contributed by atoms with Crippen LogP contribution in [0, 0.1) is 0 Å². The molecular weight excluding hydrogens is 302 g/mol. The number of ether oxygens (including phenoxy) is 1. The lowest BCUT2D eigenvalue weighted by Crippen LogP contribution is -2.24. The van der Waals surface area contributed by atoms with Gasteiger partial charge in [-0.25, -0.2) is 4.79 Å². The minimum absolute atomic E-state index is 0.206. The van der Waals surface area contributed by atoms with Crippen LogP contribution in [0.3, 0.4) is 0 Å². The predicted molar refractivity (Wildman–Crippen MR) is 93.3 cm³/mol. The van der Waals surface area contributed by atoms with Gasteiger partial charge in [0.25, 0.3) is 0 Å². The molecule has 122 valence electrons. The molecule has 0 aliphatic rings. The lowest BCUT2D eigenvalue weighted by molar-refractivity contribution is 0.0314. The van der Waals surface area contributed by atoms with Crippen LogP contribution in [-0.4, -0.2) is 22.8 Å². The quantitative estimate of drug-likeness (QED) is 0.567. The fraction of sp³-hybridized carbons (Fsp3) is 0.200.